The van der Waals surface area contributed by atoms with Crippen molar-refractivity contribution >= 4 is 15.9 Å². The molecule has 0 unspecified atom stereocenters. The Morgan fingerprint density at radius 2 is 2.00 bits per heavy atom. The van der Waals surface area contributed by atoms with Gasteiger partial charge in [0.1, 0.15) is 5.75 Å². The number of halogens is 1. The maximum atomic E-state index is 5.67. The first-order valence-corrected chi connectivity index (χ1v) is 8.95. The fourth-order valence-corrected chi connectivity index (χ4v) is 4.06. The van der Waals surface area contributed by atoms with Crippen LogP contribution in [0.3, 0.4) is 0 Å². The van der Waals surface area contributed by atoms with Crippen molar-refractivity contribution in [1.29, 1.82) is 0 Å². The lowest BCUT2D eigenvalue weighted by Gasteiger charge is -2.41. The molecule has 4 nitrogen and oxygen atoms in total. The van der Waals surface area contributed by atoms with Gasteiger partial charge < -0.3 is 14.8 Å². The van der Waals surface area contributed by atoms with E-state index < -0.39 is 0 Å². The van der Waals surface area contributed by atoms with E-state index in [0.717, 1.165) is 62.5 Å². The Morgan fingerprint density at radius 1 is 1.27 bits per heavy atom. The van der Waals surface area contributed by atoms with Gasteiger partial charge >= 0.3 is 0 Å². The minimum atomic E-state index is 0.415. The number of nitrogens with zero attached hydrogens (tertiary/aromatic N) is 1. The van der Waals surface area contributed by atoms with Crippen LogP contribution < -0.4 is 10.1 Å². The highest BCUT2D eigenvalue weighted by atomic mass is 79.9. The van der Waals surface area contributed by atoms with Crippen LogP contribution in [0.25, 0.3) is 0 Å². The third-order valence-electron chi connectivity index (χ3n) is 4.77. The van der Waals surface area contributed by atoms with Crippen molar-refractivity contribution in [2.45, 2.75) is 18.9 Å². The van der Waals surface area contributed by atoms with E-state index in [-0.39, 0.29) is 0 Å². The van der Waals surface area contributed by atoms with Crippen LogP contribution in [-0.4, -0.2) is 51.4 Å². The number of hydrogen-bond acceptors (Lipinski definition) is 4. The maximum absolute atomic E-state index is 5.67. The molecule has 2 aliphatic rings. The molecule has 3 rings (SSSR count). The molecule has 0 amide bonds. The molecule has 0 saturated carbocycles. The van der Waals surface area contributed by atoms with Gasteiger partial charge in [0.25, 0.3) is 0 Å². The van der Waals surface area contributed by atoms with E-state index in [4.69, 9.17) is 9.47 Å². The molecule has 2 aliphatic heterocycles. The predicted molar refractivity (Wildman–Crippen MR) is 91.4 cm³/mol. The second-order valence-electron chi connectivity index (χ2n) is 6.07. The standard InChI is InChI=1S/C17H25BrN2O2/c1-21-16-3-2-14(18)12-15(16)17(13-4-10-22-11-5-13)20-8-6-19-7-9-20/h2-3,12-13,17,19H,4-11H2,1H3/t17-/m1/s1. The highest BCUT2D eigenvalue weighted by Crippen LogP contribution is 2.40. The molecule has 0 spiro atoms. The molecule has 0 aliphatic carbocycles. The van der Waals surface area contributed by atoms with E-state index in [0.29, 0.717) is 12.0 Å². The smallest absolute Gasteiger partial charge is 0.123 e. The first-order valence-electron chi connectivity index (χ1n) is 8.15. The Hall–Kier alpha value is -0.620. The van der Waals surface area contributed by atoms with Gasteiger partial charge in [0.15, 0.2) is 0 Å². The monoisotopic (exact) mass is 368 g/mol. The van der Waals surface area contributed by atoms with E-state index in [1.807, 2.05) is 0 Å². The van der Waals surface area contributed by atoms with E-state index in [2.05, 4.69) is 44.3 Å². The highest BCUT2D eigenvalue weighted by Gasteiger charge is 2.33. The normalized spacial score (nSPS) is 22.5. The first-order chi connectivity index (χ1) is 10.8. The average Bonchev–Trinajstić information content (AvgIpc) is 2.57. The molecule has 2 saturated heterocycles. The first kappa shape index (κ1) is 16.2. The molecular formula is C17H25BrN2O2. The number of methoxy groups -OCH3 is 1. The van der Waals surface area contributed by atoms with Crippen molar-refractivity contribution in [3.8, 4) is 5.75 Å². The second kappa shape index (κ2) is 7.77. The zero-order valence-electron chi connectivity index (χ0n) is 13.2. The Labute approximate surface area is 141 Å². The summed E-state index contributed by atoms with van der Waals surface area (Å²) in [5.41, 5.74) is 1.31. The quantitative estimate of drug-likeness (QED) is 0.885. The lowest BCUT2D eigenvalue weighted by molar-refractivity contribution is 0.0206. The van der Waals surface area contributed by atoms with Crippen molar-refractivity contribution in [1.82, 2.24) is 10.2 Å². The molecule has 1 N–H and O–H groups in total. The van der Waals surface area contributed by atoms with E-state index in [1.165, 1.54) is 5.56 Å². The van der Waals surface area contributed by atoms with Gasteiger partial charge in [0.05, 0.1) is 7.11 Å². The molecule has 1 atom stereocenters. The third-order valence-corrected chi connectivity index (χ3v) is 5.26. The van der Waals surface area contributed by atoms with Crippen LogP contribution in [0.4, 0.5) is 0 Å². The molecule has 22 heavy (non-hydrogen) atoms. The zero-order valence-corrected chi connectivity index (χ0v) is 14.8. The molecule has 0 aromatic heterocycles. The fraction of sp³-hybridized carbons (Fsp3) is 0.647. The summed E-state index contributed by atoms with van der Waals surface area (Å²) in [5.74, 6) is 1.63. The summed E-state index contributed by atoms with van der Waals surface area (Å²) < 4.78 is 12.4. The zero-order chi connectivity index (χ0) is 15.4. The summed E-state index contributed by atoms with van der Waals surface area (Å²) in [6, 6.07) is 6.79. The van der Waals surface area contributed by atoms with Gasteiger partial charge in [-0.05, 0) is 37.0 Å². The lowest BCUT2D eigenvalue weighted by Crippen LogP contribution is -2.47. The van der Waals surface area contributed by atoms with E-state index in [9.17, 15) is 0 Å². The van der Waals surface area contributed by atoms with Crippen LogP contribution >= 0.6 is 15.9 Å². The van der Waals surface area contributed by atoms with Crippen LogP contribution in [0.2, 0.25) is 0 Å². The van der Waals surface area contributed by atoms with Crippen LogP contribution in [-0.2, 0) is 4.74 Å². The molecule has 1 aromatic carbocycles. The van der Waals surface area contributed by atoms with Gasteiger partial charge in [0, 0.05) is 55.5 Å². The van der Waals surface area contributed by atoms with Crippen molar-refractivity contribution in [3.05, 3.63) is 28.2 Å². The van der Waals surface area contributed by atoms with E-state index in [1.54, 1.807) is 7.11 Å². The Balaban J connectivity index is 1.94. The molecule has 0 radical (unpaired) electrons. The number of rotatable bonds is 4. The molecule has 1 aromatic rings. The molecule has 0 bridgehead atoms. The molecule has 122 valence electrons. The third kappa shape index (κ3) is 3.65. The second-order valence-corrected chi connectivity index (χ2v) is 6.98. The number of piperazine rings is 1. The van der Waals surface area contributed by atoms with Crippen LogP contribution in [0.1, 0.15) is 24.4 Å². The Morgan fingerprint density at radius 3 is 2.68 bits per heavy atom. The van der Waals surface area contributed by atoms with Crippen molar-refractivity contribution in [3.63, 3.8) is 0 Å². The minimum absolute atomic E-state index is 0.415. The van der Waals surface area contributed by atoms with Crippen LogP contribution in [0, 0.1) is 5.92 Å². The largest absolute Gasteiger partial charge is 0.496 e. The molecule has 2 fully saturated rings. The molecule has 5 heteroatoms. The maximum Gasteiger partial charge on any atom is 0.123 e. The van der Waals surface area contributed by atoms with Crippen molar-refractivity contribution in [2.75, 3.05) is 46.5 Å². The van der Waals surface area contributed by atoms with Crippen LogP contribution in [0.5, 0.6) is 5.75 Å². The fourth-order valence-electron chi connectivity index (χ4n) is 3.68. The summed E-state index contributed by atoms with van der Waals surface area (Å²) in [7, 11) is 1.77. The predicted octanol–water partition coefficient (Wildman–Crippen LogP) is 2.83. The molecular weight excluding hydrogens is 344 g/mol. The Bertz CT molecular complexity index is 468. The number of benzene rings is 1. The van der Waals surface area contributed by atoms with Crippen molar-refractivity contribution < 1.29 is 9.47 Å². The van der Waals surface area contributed by atoms with Gasteiger partial charge in [-0.3, -0.25) is 4.90 Å². The number of ether oxygens (including phenoxy) is 2. The van der Waals surface area contributed by atoms with Gasteiger partial charge in [0.2, 0.25) is 0 Å². The summed E-state index contributed by atoms with van der Waals surface area (Å²) in [6.45, 7) is 6.08. The summed E-state index contributed by atoms with van der Waals surface area (Å²) in [6.07, 6.45) is 2.26. The van der Waals surface area contributed by atoms with Gasteiger partial charge in [-0.15, -0.1) is 0 Å². The highest BCUT2D eigenvalue weighted by molar-refractivity contribution is 9.10. The van der Waals surface area contributed by atoms with E-state index >= 15 is 0 Å². The van der Waals surface area contributed by atoms with Gasteiger partial charge in [-0.2, -0.15) is 0 Å². The summed E-state index contributed by atoms with van der Waals surface area (Å²) >= 11 is 3.63. The average molecular weight is 369 g/mol. The Kier molecular flexibility index (Phi) is 5.74. The lowest BCUT2D eigenvalue weighted by atomic mass is 9.85. The summed E-state index contributed by atoms with van der Waals surface area (Å²) in [5, 5.41) is 3.46. The number of nitrogens with one attached hydrogen (secondary N) is 1. The summed E-state index contributed by atoms with van der Waals surface area (Å²) in [4.78, 5) is 2.62. The number of hydrogen-bond donors (Lipinski definition) is 1. The van der Waals surface area contributed by atoms with Crippen molar-refractivity contribution in [2.24, 2.45) is 5.92 Å². The van der Waals surface area contributed by atoms with Gasteiger partial charge in [-0.25, -0.2) is 0 Å². The minimum Gasteiger partial charge on any atom is -0.496 e. The topological polar surface area (TPSA) is 33.7 Å². The van der Waals surface area contributed by atoms with Crippen LogP contribution in [0.15, 0.2) is 22.7 Å². The SMILES string of the molecule is COc1ccc(Br)cc1[C@@H](C1CCOCC1)N1CCNCC1. The van der Waals surface area contributed by atoms with Gasteiger partial charge in [-0.1, -0.05) is 15.9 Å². The molecule has 2 heterocycles.